The van der Waals surface area contributed by atoms with Crippen LogP contribution in [-0.2, 0) is 0 Å². The van der Waals surface area contributed by atoms with E-state index in [9.17, 15) is 28.8 Å². The topological polar surface area (TPSA) is 83.7 Å². The summed E-state index contributed by atoms with van der Waals surface area (Å²) in [5.41, 5.74) is -1.30. The van der Waals surface area contributed by atoms with Crippen molar-refractivity contribution in [2.75, 3.05) is 13.1 Å². The van der Waals surface area contributed by atoms with E-state index >= 15 is 0 Å². The van der Waals surface area contributed by atoms with Crippen LogP contribution in [0.1, 0.15) is 23.7 Å². The first-order valence-electron chi connectivity index (χ1n) is 6.42. The number of carbonyl (C=O) groups is 1. The largest absolute Gasteiger partial charge is 0.391 e. The third-order valence-electron chi connectivity index (χ3n) is 3.67. The molecule has 0 saturated carbocycles. The van der Waals surface area contributed by atoms with Gasteiger partial charge >= 0.3 is 0 Å². The Morgan fingerprint density at radius 2 is 2.05 bits per heavy atom. The SMILES string of the molecule is CC1CCN(C(=O)c2cc(F)c(F)cc2[N+](=O)[O-])CC1O. The van der Waals surface area contributed by atoms with Crippen molar-refractivity contribution in [3.8, 4) is 0 Å². The molecule has 1 aliphatic rings. The number of aliphatic hydroxyl groups is 1. The van der Waals surface area contributed by atoms with Crippen LogP contribution >= 0.6 is 0 Å². The molecular weight excluding hydrogens is 286 g/mol. The number of hydrogen-bond acceptors (Lipinski definition) is 4. The Kier molecular flexibility index (Phi) is 4.17. The van der Waals surface area contributed by atoms with Gasteiger partial charge < -0.3 is 10.0 Å². The molecule has 6 nitrogen and oxygen atoms in total. The molecule has 114 valence electrons. The van der Waals surface area contributed by atoms with E-state index in [1.54, 1.807) is 0 Å². The summed E-state index contributed by atoms with van der Waals surface area (Å²) < 4.78 is 26.4. The minimum Gasteiger partial charge on any atom is -0.391 e. The molecule has 1 amide bonds. The van der Waals surface area contributed by atoms with Crippen LogP contribution in [0.15, 0.2) is 12.1 Å². The second kappa shape index (κ2) is 5.72. The van der Waals surface area contributed by atoms with Gasteiger partial charge in [0.1, 0.15) is 5.56 Å². The summed E-state index contributed by atoms with van der Waals surface area (Å²) in [5.74, 6) is -3.49. The first kappa shape index (κ1) is 15.3. The zero-order valence-corrected chi connectivity index (χ0v) is 11.3. The summed E-state index contributed by atoms with van der Waals surface area (Å²) in [4.78, 5) is 23.4. The van der Waals surface area contributed by atoms with Crippen LogP contribution in [0.25, 0.3) is 0 Å². The van der Waals surface area contributed by atoms with Crippen LogP contribution < -0.4 is 0 Å². The fraction of sp³-hybridized carbons (Fsp3) is 0.462. The first-order valence-corrected chi connectivity index (χ1v) is 6.42. The number of benzene rings is 1. The molecule has 2 unspecified atom stereocenters. The maximum atomic E-state index is 13.3. The third-order valence-corrected chi connectivity index (χ3v) is 3.67. The number of nitro groups is 1. The Hall–Kier alpha value is -2.09. The molecular formula is C13H14F2N2O4. The minimum atomic E-state index is -1.38. The van der Waals surface area contributed by atoms with Gasteiger partial charge in [-0.3, -0.25) is 14.9 Å². The summed E-state index contributed by atoms with van der Waals surface area (Å²) >= 11 is 0. The molecule has 1 aromatic carbocycles. The highest BCUT2D eigenvalue weighted by molar-refractivity contribution is 5.98. The highest BCUT2D eigenvalue weighted by Crippen LogP contribution is 2.26. The first-order chi connectivity index (χ1) is 9.81. The minimum absolute atomic E-state index is 0.00832. The van der Waals surface area contributed by atoms with Gasteiger partial charge in [0.2, 0.25) is 0 Å². The number of piperidine rings is 1. The molecule has 2 rings (SSSR count). The molecule has 0 spiro atoms. The average Bonchev–Trinajstić information content (AvgIpc) is 2.43. The molecule has 1 heterocycles. The van der Waals surface area contributed by atoms with E-state index in [1.165, 1.54) is 4.90 Å². The number of aliphatic hydroxyl groups excluding tert-OH is 1. The molecule has 21 heavy (non-hydrogen) atoms. The quantitative estimate of drug-likeness (QED) is 0.666. The lowest BCUT2D eigenvalue weighted by molar-refractivity contribution is -0.385. The molecule has 0 bridgehead atoms. The molecule has 8 heteroatoms. The van der Waals surface area contributed by atoms with Gasteiger partial charge in [-0.05, 0) is 18.4 Å². The van der Waals surface area contributed by atoms with E-state index in [2.05, 4.69) is 0 Å². The molecule has 0 aliphatic carbocycles. The molecule has 1 aromatic rings. The van der Waals surface area contributed by atoms with E-state index in [1.807, 2.05) is 6.92 Å². The zero-order chi connectivity index (χ0) is 15.7. The van der Waals surface area contributed by atoms with Gasteiger partial charge in [-0.2, -0.15) is 0 Å². The van der Waals surface area contributed by atoms with Crippen molar-refractivity contribution >= 4 is 11.6 Å². The Morgan fingerprint density at radius 3 is 2.62 bits per heavy atom. The maximum absolute atomic E-state index is 13.3. The second-order valence-electron chi connectivity index (χ2n) is 5.13. The number of halogens is 2. The number of carbonyl (C=O) groups excluding carboxylic acids is 1. The Labute approximate surface area is 119 Å². The molecule has 1 aliphatic heterocycles. The van der Waals surface area contributed by atoms with Gasteiger partial charge in [-0.25, -0.2) is 8.78 Å². The van der Waals surface area contributed by atoms with Crippen molar-refractivity contribution < 1.29 is 23.6 Å². The standard InChI is InChI=1S/C13H14F2N2O4/c1-7-2-3-16(6-12(7)18)13(19)8-4-9(14)10(15)5-11(8)17(20)21/h4-5,7,12,18H,2-3,6H2,1H3. The van der Waals surface area contributed by atoms with Crippen molar-refractivity contribution in [2.45, 2.75) is 19.4 Å². The van der Waals surface area contributed by atoms with Crippen LogP contribution in [0.5, 0.6) is 0 Å². The van der Waals surface area contributed by atoms with Crippen molar-refractivity contribution in [3.63, 3.8) is 0 Å². The van der Waals surface area contributed by atoms with Crippen LogP contribution in [0, 0.1) is 27.7 Å². The van der Waals surface area contributed by atoms with Gasteiger partial charge in [0, 0.05) is 13.1 Å². The van der Waals surface area contributed by atoms with E-state index in [0.717, 1.165) is 0 Å². The summed E-state index contributed by atoms with van der Waals surface area (Å²) in [6, 6.07) is 0.922. The number of amides is 1. The Bertz CT molecular complexity index is 594. The highest BCUT2D eigenvalue weighted by atomic mass is 19.2. The Balaban J connectivity index is 2.35. The molecule has 0 radical (unpaired) electrons. The lowest BCUT2D eigenvalue weighted by Crippen LogP contribution is -2.46. The number of nitro benzene ring substituents is 1. The van der Waals surface area contributed by atoms with E-state index < -0.39 is 39.8 Å². The van der Waals surface area contributed by atoms with Crippen LogP contribution in [0.3, 0.4) is 0 Å². The fourth-order valence-electron chi connectivity index (χ4n) is 2.26. The van der Waals surface area contributed by atoms with Crippen LogP contribution in [-0.4, -0.2) is 40.0 Å². The predicted molar refractivity (Wildman–Crippen MR) is 68.7 cm³/mol. The van der Waals surface area contributed by atoms with Crippen LogP contribution in [0.4, 0.5) is 14.5 Å². The predicted octanol–water partition coefficient (Wildman–Crippen LogP) is 1.72. The lowest BCUT2D eigenvalue weighted by Gasteiger charge is -2.34. The van der Waals surface area contributed by atoms with Gasteiger partial charge in [-0.15, -0.1) is 0 Å². The van der Waals surface area contributed by atoms with Gasteiger partial charge in [0.25, 0.3) is 11.6 Å². The smallest absolute Gasteiger partial charge is 0.285 e. The highest BCUT2D eigenvalue weighted by Gasteiger charge is 2.32. The number of nitrogens with zero attached hydrogens (tertiary/aromatic N) is 2. The van der Waals surface area contributed by atoms with Crippen molar-refractivity contribution in [1.29, 1.82) is 0 Å². The van der Waals surface area contributed by atoms with Gasteiger partial charge in [-0.1, -0.05) is 6.92 Å². The summed E-state index contributed by atoms with van der Waals surface area (Å²) in [5, 5.41) is 20.6. The van der Waals surface area contributed by atoms with Gasteiger partial charge in [0.05, 0.1) is 17.1 Å². The number of hydrogen-bond donors (Lipinski definition) is 1. The van der Waals surface area contributed by atoms with E-state index in [0.29, 0.717) is 25.1 Å². The lowest BCUT2D eigenvalue weighted by atomic mass is 9.95. The maximum Gasteiger partial charge on any atom is 0.285 e. The molecule has 2 atom stereocenters. The number of β-amino-alcohol motifs (C(OH)–C–C–N with tert-alkyl or cyclic N) is 1. The van der Waals surface area contributed by atoms with Crippen molar-refractivity contribution in [3.05, 3.63) is 39.4 Å². The van der Waals surface area contributed by atoms with Gasteiger partial charge in [0.15, 0.2) is 11.6 Å². The van der Waals surface area contributed by atoms with Crippen molar-refractivity contribution in [2.24, 2.45) is 5.92 Å². The molecule has 0 aromatic heterocycles. The van der Waals surface area contributed by atoms with Crippen LogP contribution in [0.2, 0.25) is 0 Å². The average molecular weight is 300 g/mol. The summed E-state index contributed by atoms with van der Waals surface area (Å²) in [6.07, 6.45) is -0.211. The Morgan fingerprint density at radius 1 is 1.43 bits per heavy atom. The number of rotatable bonds is 2. The van der Waals surface area contributed by atoms with E-state index in [4.69, 9.17) is 0 Å². The molecule has 1 fully saturated rings. The molecule has 1 N–H and O–H groups in total. The molecule has 1 saturated heterocycles. The number of likely N-dealkylation sites (tertiary alicyclic amines) is 1. The normalized spacial score (nSPS) is 22.2. The van der Waals surface area contributed by atoms with E-state index in [-0.39, 0.29) is 12.5 Å². The monoisotopic (exact) mass is 300 g/mol. The third kappa shape index (κ3) is 2.99. The summed E-state index contributed by atoms with van der Waals surface area (Å²) in [7, 11) is 0. The fourth-order valence-corrected chi connectivity index (χ4v) is 2.26. The summed E-state index contributed by atoms with van der Waals surface area (Å²) in [6.45, 7) is 2.13. The zero-order valence-electron chi connectivity index (χ0n) is 11.3. The van der Waals surface area contributed by atoms with Crippen molar-refractivity contribution in [1.82, 2.24) is 4.90 Å². The second-order valence-corrected chi connectivity index (χ2v) is 5.13.